The lowest BCUT2D eigenvalue weighted by Gasteiger charge is -2.32. The first kappa shape index (κ1) is 25.8. The second-order valence-corrected chi connectivity index (χ2v) is 9.70. The summed E-state index contributed by atoms with van der Waals surface area (Å²) in [5.41, 5.74) is 0.632. The molecule has 0 radical (unpaired) electrons. The SMILES string of the molecule is COCCCOc1cc(C(=O)N(C[C@H]2CNC[C@@H]2NCC2CCCC2)C(C)C)ccc1OC. The largest absolute Gasteiger partial charge is 0.493 e. The molecule has 186 valence electrons. The summed E-state index contributed by atoms with van der Waals surface area (Å²) in [6, 6.07) is 5.99. The van der Waals surface area contributed by atoms with E-state index < -0.39 is 0 Å². The molecular weight excluding hydrogens is 418 g/mol. The molecule has 2 atom stereocenters. The molecule has 1 aromatic carbocycles. The third-order valence-electron chi connectivity index (χ3n) is 6.96. The van der Waals surface area contributed by atoms with Crippen molar-refractivity contribution >= 4 is 5.91 Å². The lowest BCUT2D eigenvalue weighted by molar-refractivity contribution is 0.0667. The number of amides is 1. The van der Waals surface area contributed by atoms with Crippen molar-refractivity contribution in [3.63, 3.8) is 0 Å². The van der Waals surface area contributed by atoms with E-state index in [1.165, 1.54) is 25.7 Å². The van der Waals surface area contributed by atoms with Crippen molar-refractivity contribution < 1.29 is 19.0 Å². The molecule has 3 rings (SSSR count). The highest BCUT2D eigenvalue weighted by atomic mass is 16.5. The van der Waals surface area contributed by atoms with Crippen molar-refractivity contribution in [2.45, 2.75) is 58.0 Å². The van der Waals surface area contributed by atoms with E-state index in [-0.39, 0.29) is 11.9 Å². The number of nitrogens with one attached hydrogen (secondary N) is 2. The highest BCUT2D eigenvalue weighted by molar-refractivity contribution is 5.95. The summed E-state index contributed by atoms with van der Waals surface area (Å²) >= 11 is 0. The van der Waals surface area contributed by atoms with Crippen LogP contribution in [0.25, 0.3) is 0 Å². The molecular formula is C26H43N3O4. The van der Waals surface area contributed by atoms with Crippen molar-refractivity contribution in [3.05, 3.63) is 23.8 Å². The molecule has 1 saturated heterocycles. The number of carbonyl (C=O) groups is 1. The standard InChI is InChI=1S/C26H43N3O4/c1-19(2)29(18-22-16-27-17-23(22)28-15-20-8-5-6-9-20)26(30)21-10-11-24(32-4)25(14-21)33-13-7-12-31-3/h10-11,14,19-20,22-23,27-28H,5-9,12-13,15-18H2,1-4H3/t22-,23+/m1/s1. The first-order chi connectivity index (χ1) is 16.0. The highest BCUT2D eigenvalue weighted by Gasteiger charge is 2.32. The van der Waals surface area contributed by atoms with Gasteiger partial charge in [0.1, 0.15) is 0 Å². The van der Waals surface area contributed by atoms with E-state index >= 15 is 0 Å². The Balaban J connectivity index is 1.65. The zero-order valence-corrected chi connectivity index (χ0v) is 20.9. The zero-order valence-electron chi connectivity index (χ0n) is 20.9. The Labute approximate surface area is 199 Å². The van der Waals surface area contributed by atoms with Crippen LogP contribution in [0.15, 0.2) is 18.2 Å². The fraction of sp³-hybridized carbons (Fsp3) is 0.731. The van der Waals surface area contributed by atoms with E-state index in [4.69, 9.17) is 14.2 Å². The zero-order chi connectivity index (χ0) is 23.6. The van der Waals surface area contributed by atoms with E-state index in [1.807, 2.05) is 23.1 Å². The molecule has 2 aliphatic rings. The van der Waals surface area contributed by atoms with Gasteiger partial charge in [0.2, 0.25) is 0 Å². The second-order valence-electron chi connectivity index (χ2n) is 9.70. The number of nitrogens with zero attached hydrogens (tertiary/aromatic N) is 1. The second kappa shape index (κ2) is 13.2. The quantitative estimate of drug-likeness (QED) is 0.439. The highest BCUT2D eigenvalue weighted by Crippen LogP contribution is 2.29. The van der Waals surface area contributed by atoms with E-state index in [1.54, 1.807) is 14.2 Å². The molecule has 1 saturated carbocycles. The predicted octanol–water partition coefficient (Wildman–Crippen LogP) is 3.33. The monoisotopic (exact) mass is 461 g/mol. The third kappa shape index (κ3) is 7.33. The fourth-order valence-electron chi connectivity index (χ4n) is 4.95. The molecule has 7 nitrogen and oxygen atoms in total. The smallest absolute Gasteiger partial charge is 0.254 e. The third-order valence-corrected chi connectivity index (χ3v) is 6.96. The van der Waals surface area contributed by atoms with Gasteiger partial charge in [-0.05, 0) is 57.4 Å². The van der Waals surface area contributed by atoms with Crippen LogP contribution in [-0.4, -0.2) is 76.5 Å². The van der Waals surface area contributed by atoms with Gasteiger partial charge in [0.15, 0.2) is 11.5 Å². The number of hydrogen-bond acceptors (Lipinski definition) is 6. The normalized spacial score (nSPS) is 21.0. The number of rotatable bonds is 13. The Morgan fingerprint density at radius 2 is 1.94 bits per heavy atom. The number of hydrogen-bond donors (Lipinski definition) is 2. The molecule has 1 heterocycles. The Morgan fingerprint density at radius 3 is 2.64 bits per heavy atom. The van der Waals surface area contributed by atoms with Crippen molar-refractivity contribution in [1.82, 2.24) is 15.5 Å². The van der Waals surface area contributed by atoms with Crippen molar-refractivity contribution in [2.75, 3.05) is 53.6 Å². The molecule has 1 amide bonds. The first-order valence-electron chi connectivity index (χ1n) is 12.6. The minimum atomic E-state index is 0.0378. The topological polar surface area (TPSA) is 72.1 Å². The van der Waals surface area contributed by atoms with Gasteiger partial charge in [0, 0.05) is 63.3 Å². The van der Waals surface area contributed by atoms with Gasteiger partial charge in [0.25, 0.3) is 5.91 Å². The maximum Gasteiger partial charge on any atom is 0.254 e. The maximum absolute atomic E-state index is 13.5. The summed E-state index contributed by atoms with van der Waals surface area (Å²) in [6.45, 7) is 9.07. The van der Waals surface area contributed by atoms with E-state index in [9.17, 15) is 4.79 Å². The molecule has 0 unspecified atom stereocenters. The van der Waals surface area contributed by atoms with E-state index in [2.05, 4.69) is 24.5 Å². The minimum absolute atomic E-state index is 0.0378. The van der Waals surface area contributed by atoms with Crippen LogP contribution in [0.2, 0.25) is 0 Å². The molecule has 2 N–H and O–H groups in total. The lowest BCUT2D eigenvalue weighted by Crippen LogP contribution is -2.47. The number of benzene rings is 1. The van der Waals surface area contributed by atoms with Gasteiger partial charge in [0.05, 0.1) is 13.7 Å². The lowest BCUT2D eigenvalue weighted by atomic mass is 10.00. The summed E-state index contributed by atoms with van der Waals surface area (Å²) < 4.78 is 16.4. The van der Waals surface area contributed by atoms with Crippen LogP contribution in [0.4, 0.5) is 0 Å². The summed E-state index contributed by atoms with van der Waals surface area (Å²) in [7, 11) is 3.29. The molecule has 0 aromatic heterocycles. The molecule has 7 heteroatoms. The molecule has 1 aliphatic heterocycles. The van der Waals surface area contributed by atoms with Crippen molar-refractivity contribution in [2.24, 2.45) is 11.8 Å². The molecule has 2 fully saturated rings. The van der Waals surface area contributed by atoms with Gasteiger partial charge >= 0.3 is 0 Å². The van der Waals surface area contributed by atoms with E-state index in [0.717, 1.165) is 38.5 Å². The van der Waals surface area contributed by atoms with Crippen LogP contribution in [0.3, 0.4) is 0 Å². The Hall–Kier alpha value is -1.83. The average molecular weight is 462 g/mol. The Morgan fingerprint density at radius 1 is 1.15 bits per heavy atom. The van der Waals surface area contributed by atoms with Gasteiger partial charge in [-0.25, -0.2) is 0 Å². The van der Waals surface area contributed by atoms with E-state index in [0.29, 0.717) is 42.2 Å². The summed E-state index contributed by atoms with van der Waals surface area (Å²) in [5.74, 6) is 2.49. The molecule has 1 aromatic rings. The van der Waals surface area contributed by atoms with Crippen LogP contribution in [-0.2, 0) is 4.74 Å². The predicted molar refractivity (Wildman–Crippen MR) is 131 cm³/mol. The number of ether oxygens (including phenoxy) is 3. The first-order valence-corrected chi connectivity index (χ1v) is 12.6. The Bertz CT molecular complexity index is 736. The summed E-state index contributed by atoms with van der Waals surface area (Å²) in [4.78, 5) is 15.5. The minimum Gasteiger partial charge on any atom is -0.493 e. The summed E-state index contributed by atoms with van der Waals surface area (Å²) in [5, 5.41) is 7.34. The average Bonchev–Trinajstić information content (AvgIpc) is 3.50. The van der Waals surface area contributed by atoms with Crippen LogP contribution in [0.5, 0.6) is 11.5 Å². The number of carbonyl (C=O) groups excluding carboxylic acids is 1. The number of methoxy groups -OCH3 is 2. The molecule has 33 heavy (non-hydrogen) atoms. The van der Waals surface area contributed by atoms with Crippen LogP contribution in [0.1, 0.15) is 56.3 Å². The maximum atomic E-state index is 13.5. The van der Waals surface area contributed by atoms with Gasteiger partial charge in [-0.2, -0.15) is 0 Å². The molecule has 0 bridgehead atoms. The van der Waals surface area contributed by atoms with Gasteiger partial charge in [-0.15, -0.1) is 0 Å². The van der Waals surface area contributed by atoms with Crippen LogP contribution < -0.4 is 20.1 Å². The van der Waals surface area contributed by atoms with Crippen molar-refractivity contribution in [3.8, 4) is 11.5 Å². The fourth-order valence-corrected chi connectivity index (χ4v) is 4.95. The molecule has 1 aliphatic carbocycles. The summed E-state index contributed by atoms with van der Waals surface area (Å²) in [6.07, 6.45) is 6.21. The molecule has 0 spiro atoms. The van der Waals surface area contributed by atoms with Gasteiger partial charge in [-0.3, -0.25) is 4.79 Å². The van der Waals surface area contributed by atoms with Crippen molar-refractivity contribution in [1.29, 1.82) is 0 Å². The Kier molecular flexibility index (Phi) is 10.3. The van der Waals surface area contributed by atoms with Gasteiger partial charge in [-0.1, -0.05) is 12.8 Å². The van der Waals surface area contributed by atoms with Gasteiger partial charge < -0.3 is 29.7 Å². The van der Waals surface area contributed by atoms with Crippen LogP contribution in [0, 0.1) is 11.8 Å². The van der Waals surface area contributed by atoms with Crippen LogP contribution >= 0.6 is 0 Å².